The van der Waals surface area contributed by atoms with E-state index in [0.29, 0.717) is 3.57 Å². The first-order valence-corrected chi connectivity index (χ1v) is 7.76. The van der Waals surface area contributed by atoms with Crippen molar-refractivity contribution >= 4 is 75.8 Å². The molecule has 0 fully saturated rings. The predicted molar refractivity (Wildman–Crippen MR) is 88.6 cm³/mol. The predicted octanol–water partition coefficient (Wildman–Crippen LogP) is 1.82. The summed E-state index contributed by atoms with van der Waals surface area (Å²) in [5.74, 6) is -0.632. The van der Waals surface area contributed by atoms with E-state index in [0.717, 1.165) is 5.75 Å². The number of carbonyl (C=O) groups excluding carboxylic acids is 1. The molecule has 1 atom stereocenters. The molecule has 0 radical (unpaired) electrons. The van der Waals surface area contributed by atoms with Crippen molar-refractivity contribution in [2.45, 2.75) is 13.0 Å². The third-order valence-corrected chi connectivity index (χ3v) is 4.00. The molecule has 0 aliphatic rings. The van der Waals surface area contributed by atoms with E-state index >= 15 is 0 Å². The summed E-state index contributed by atoms with van der Waals surface area (Å²) in [5.41, 5.74) is 0.273. The average molecular weight is 403 g/mol. The molecule has 7 heteroatoms. The van der Waals surface area contributed by atoms with E-state index in [-0.39, 0.29) is 52.6 Å². The SMILES string of the molecule is CSC[C@H](C)NC(=O)c1c(I)cccc1C(=O)O.[NaH]. The van der Waals surface area contributed by atoms with E-state index in [2.05, 4.69) is 5.32 Å². The van der Waals surface area contributed by atoms with Crippen molar-refractivity contribution in [2.24, 2.45) is 0 Å². The van der Waals surface area contributed by atoms with Crippen LogP contribution in [0.5, 0.6) is 0 Å². The summed E-state index contributed by atoms with van der Waals surface area (Å²) >= 11 is 3.60. The first-order chi connectivity index (χ1) is 8.47. The molecule has 0 aliphatic carbocycles. The number of amides is 1. The van der Waals surface area contributed by atoms with Gasteiger partial charge in [0.25, 0.3) is 5.91 Å². The molecular weight excluding hydrogens is 388 g/mol. The number of carbonyl (C=O) groups is 2. The van der Waals surface area contributed by atoms with Crippen molar-refractivity contribution in [1.29, 1.82) is 0 Å². The Morgan fingerprint density at radius 3 is 2.63 bits per heavy atom. The minimum atomic E-state index is -1.09. The molecule has 0 saturated heterocycles. The number of halogens is 1. The topological polar surface area (TPSA) is 66.4 Å². The third kappa shape index (κ3) is 5.63. The Morgan fingerprint density at radius 2 is 2.11 bits per heavy atom. The summed E-state index contributed by atoms with van der Waals surface area (Å²) in [6.45, 7) is 1.89. The van der Waals surface area contributed by atoms with Crippen LogP contribution in [0.4, 0.5) is 0 Å². The average Bonchev–Trinajstić information content (AvgIpc) is 2.28. The van der Waals surface area contributed by atoms with Crippen LogP contribution in [0.1, 0.15) is 27.6 Å². The number of carboxylic acids is 1. The van der Waals surface area contributed by atoms with E-state index in [9.17, 15) is 9.59 Å². The molecule has 0 saturated carbocycles. The number of carboxylic acid groups (broad SMARTS) is 1. The van der Waals surface area contributed by atoms with Gasteiger partial charge in [0.05, 0.1) is 11.1 Å². The number of nitrogens with one attached hydrogen (secondary N) is 1. The van der Waals surface area contributed by atoms with Crippen LogP contribution in [0.15, 0.2) is 18.2 Å². The van der Waals surface area contributed by atoms with Crippen molar-refractivity contribution in [2.75, 3.05) is 12.0 Å². The Balaban J connectivity index is 0.00000324. The van der Waals surface area contributed by atoms with E-state index in [1.165, 1.54) is 6.07 Å². The maximum absolute atomic E-state index is 12.1. The maximum atomic E-state index is 12.1. The molecule has 1 rings (SSSR count). The van der Waals surface area contributed by atoms with Gasteiger partial charge < -0.3 is 10.4 Å². The summed E-state index contributed by atoms with van der Waals surface area (Å²) in [7, 11) is 0. The third-order valence-electron chi connectivity index (χ3n) is 2.27. The molecule has 0 heterocycles. The number of rotatable bonds is 5. The van der Waals surface area contributed by atoms with Crippen molar-refractivity contribution in [3.8, 4) is 0 Å². The zero-order valence-corrected chi connectivity index (χ0v) is 13.0. The van der Waals surface area contributed by atoms with E-state index in [1.807, 2.05) is 35.8 Å². The summed E-state index contributed by atoms with van der Waals surface area (Å²) < 4.78 is 0.640. The Hall–Kier alpha value is 0.240. The van der Waals surface area contributed by atoms with Gasteiger partial charge in [-0.25, -0.2) is 4.79 Å². The summed E-state index contributed by atoms with van der Waals surface area (Å²) in [5, 5.41) is 11.9. The second kappa shape index (κ2) is 9.23. The van der Waals surface area contributed by atoms with Crippen molar-refractivity contribution in [1.82, 2.24) is 5.32 Å². The Labute approximate surface area is 152 Å². The van der Waals surface area contributed by atoms with Gasteiger partial charge >= 0.3 is 35.5 Å². The number of benzene rings is 1. The van der Waals surface area contributed by atoms with E-state index in [4.69, 9.17) is 5.11 Å². The normalized spacial score (nSPS) is 11.3. The number of hydrogen-bond donors (Lipinski definition) is 2. The quantitative estimate of drug-likeness (QED) is 0.582. The second-order valence-electron chi connectivity index (χ2n) is 3.80. The van der Waals surface area contributed by atoms with Gasteiger partial charge in [-0.1, -0.05) is 6.07 Å². The van der Waals surface area contributed by atoms with Gasteiger partial charge in [0.2, 0.25) is 0 Å². The van der Waals surface area contributed by atoms with Crippen LogP contribution < -0.4 is 5.32 Å². The molecule has 0 bridgehead atoms. The van der Waals surface area contributed by atoms with Crippen LogP contribution in [-0.4, -0.2) is 64.6 Å². The molecule has 100 valence electrons. The minimum absolute atomic E-state index is 0. The fourth-order valence-electron chi connectivity index (χ4n) is 1.52. The van der Waals surface area contributed by atoms with Crippen LogP contribution in [0.3, 0.4) is 0 Å². The van der Waals surface area contributed by atoms with Crippen LogP contribution in [0.25, 0.3) is 0 Å². The summed E-state index contributed by atoms with van der Waals surface area (Å²) in [4.78, 5) is 23.2. The number of thioether (sulfide) groups is 1. The van der Waals surface area contributed by atoms with E-state index in [1.54, 1.807) is 23.9 Å². The van der Waals surface area contributed by atoms with Crippen molar-refractivity contribution < 1.29 is 14.7 Å². The molecule has 1 aromatic rings. The molecule has 2 N–H and O–H groups in total. The molecule has 4 nitrogen and oxygen atoms in total. The van der Waals surface area contributed by atoms with Gasteiger partial charge in [0.1, 0.15) is 0 Å². The molecule has 0 aromatic heterocycles. The molecule has 1 amide bonds. The van der Waals surface area contributed by atoms with Crippen LogP contribution in [-0.2, 0) is 0 Å². The zero-order chi connectivity index (χ0) is 13.7. The Kier molecular flexibility index (Phi) is 9.34. The van der Waals surface area contributed by atoms with Gasteiger partial charge in [-0.05, 0) is 47.9 Å². The molecular formula is C12H15INNaO3S. The van der Waals surface area contributed by atoms with Crippen LogP contribution in [0.2, 0.25) is 0 Å². The summed E-state index contributed by atoms with van der Waals surface area (Å²) in [6.07, 6.45) is 1.96. The van der Waals surface area contributed by atoms with Gasteiger partial charge in [-0.15, -0.1) is 0 Å². The summed E-state index contributed by atoms with van der Waals surface area (Å²) in [6, 6.07) is 4.80. The Bertz CT molecular complexity index is 470. The standard InChI is InChI=1S/C12H14INO3S.Na.H/c1-7(6-18-2)14-11(15)10-8(12(16)17)4-3-5-9(10)13;;/h3-5,7H,6H2,1-2H3,(H,14,15)(H,16,17);;/t7-;;/m0../s1. The first kappa shape index (κ1) is 19.2. The number of aromatic carboxylic acids is 1. The van der Waals surface area contributed by atoms with Gasteiger partial charge in [0.15, 0.2) is 0 Å². The fraction of sp³-hybridized carbons (Fsp3) is 0.333. The van der Waals surface area contributed by atoms with Crippen molar-refractivity contribution in [3.05, 3.63) is 32.9 Å². The monoisotopic (exact) mass is 403 g/mol. The van der Waals surface area contributed by atoms with Crippen molar-refractivity contribution in [3.63, 3.8) is 0 Å². The van der Waals surface area contributed by atoms with Crippen LogP contribution >= 0.6 is 34.4 Å². The zero-order valence-electron chi connectivity index (χ0n) is 10.1. The Morgan fingerprint density at radius 1 is 1.47 bits per heavy atom. The van der Waals surface area contributed by atoms with Gasteiger partial charge in [-0.3, -0.25) is 4.79 Å². The second-order valence-corrected chi connectivity index (χ2v) is 5.87. The van der Waals surface area contributed by atoms with Gasteiger partial charge in [0, 0.05) is 15.4 Å². The fourth-order valence-corrected chi connectivity index (χ4v) is 2.85. The molecule has 0 unspecified atom stereocenters. The van der Waals surface area contributed by atoms with E-state index < -0.39 is 5.97 Å². The number of hydrogen-bond acceptors (Lipinski definition) is 3. The first-order valence-electron chi connectivity index (χ1n) is 5.29. The molecule has 19 heavy (non-hydrogen) atoms. The molecule has 0 aliphatic heterocycles. The molecule has 0 spiro atoms. The van der Waals surface area contributed by atoms with Crippen LogP contribution in [0, 0.1) is 3.57 Å². The van der Waals surface area contributed by atoms with Gasteiger partial charge in [-0.2, -0.15) is 11.8 Å². The molecule has 1 aromatic carbocycles.